The van der Waals surface area contributed by atoms with Gasteiger partial charge in [0.25, 0.3) is 0 Å². The number of amides is 1. The second kappa shape index (κ2) is 14.0. The van der Waals surface area contributed by atoms with Crippen molar-refractivity contribution in [2.75, 3.05) is 50.7 Å². The molecular formula is C20H35Cl2N5O. The number of carbonyl (C=O) groups is 1. The lowest BCUT2D eigenvalue weighted by Gasteiger charge is -2.34. The Kier molecular flexibility index (Phi) is 12.5. The van der Waals surface area contributed by atoms with E-state index < -0.39 is 0 Å². The van der Waals surface area contributed by atoms with Gasteiger partial charge in [-0.2, -0.15) is 0 Å². The first-order valence-corrected chi connectivity index (χ1v) is 10.2. The fraction of sp³-hybridized carbons (Fsp3) is 0.700. The highest BCUT2D eigenvalue weighted by molar-refractivity contribution is 5.85. The van der Waals surface area contributed by atoms with Crippen LogP contribution in [-0.4, -0.2) is 67.6 Å². The molecule has 0 aromatic carbocycles. The smallest absolute Gasteiger partial charge is 0.234 e. The summed E-state index contributed by atoms with van der Waals surface area (Å²) in [6, 6.07) is 6.65. The molecule has 2 fully saturated rings. The van der Waals surface area contributed by atoms with Gasteiger partial charge in [-0.1, -0.05) is 31.7 Å². The normalized spacial score (nSPS) is 18.5. The van der Waals surface area contributed by atoms with Gasteiger partial charge in [0.05, 0.1) is 6.54 Å². The number of halogens is 2. The Bertz CT molecular complexity index is 533. The fourth-order valence-electron chi connectivity index (χ4n) is 3.90. The minimum atomic E-state index is 0. The third-order valence-electron chi connectivity index (χ3n) is 5.45. The van der Waals surface area contributed by atoms with E-state index in [1.807, 2.05) is 24.4 Å². The summed E-state index contributed by atoms with van der Waals surface area (Å²) in [7, 11) is 0. The Hall–Kier alpha value is -1.08. The van der Waals surface area contributed by atoms with E-state index >= 15 is 0 Å². The Morgan fingerprint density at radius 2 is 1.71 bits per heavy atom. The van der Waals surface area contributed by atoms with Crippen LogP contribution in [0, 0.1) is 0 Å². The highest BCUT2D eigenvalue weighted by Crippen LogP contribution is 2.16. The lowest BCUT2D eigenvalue weighted by atomic mass is 10.1. The van der Waals surface area contributed by atoms with Gasteiger partial charge in [-0.25, -0.2) is 4.98 Å². The van der Waals surface area contributed by atoms with Crippen molar-refractivity contribution in [2.45, 2.75) is 44.6 Å². The minimum Gasteiger partial charge on any atom is -0.354 e. The van der Waals surface area contributed by atoms with Crippen LogP contribution in [0.1, 0.15) is 38.5 Å². The maximum atomic E-state index is 12.2. The largest absolute Gasteiger partial charge is 0.354 e. The van der Waals surface area contributed by atoms with Crippen LogP contribution >= 0.6 is 24.8 Å². The van der Waals surface area contributed by atoms with Crippen molar-refractivity contribution in [1.82, 2.24) is 20.5 Å². The van der Waals surface area contributed by atoms with Gasteiger partial charge in [0.1, 0.15) is 5.82 Å². The number of nitrogens with one attached hydrogen (secondary N) is 2. The van der Waals surface area contributed by atoms with Crippen molar-refractivity contribution in [2.24, 2.45) is 0 Å². The Morgan fingerprint density at radius 3 is 2.36 bits per heavy atom. The maximum Gasteiger partial charge on any atom is 0.234 e. The number of pyridine rings is 1. The van der Waals surface area contributed by atoms with Gasteiger partial charge in [-0.3, -0.25) is 9.69 Å². The van der Waals surface area contributed by atoms with Crippen molar-refractivity contribution in [3.05, 3.63) is 24.4 Å². The van der Waals surface area contributed by atoms with Crippen LogP contribution in [0.5, 0.6) is 0 Å². The number of aromatic nitrogens is 1. The number of nitrogens with zero attached hydrogens (tertiary/aromatic N) is 3. The summed E-state index contributed by atoms with van der Waals surface area (Å²) in [6.45, 7) is 5.77. The molecule has 160 valence electrons. The Labute approximate surface area is 181 Å². The number of anilines is 1. The summed E-state index contributed by atoms with van der Waals surface area (Å²) in [5.41, 5.74) is 0. The number of hydrogen-bond donors (Lipinski definition) is 2. The standard InChI is InChI=1S/C20H33N5O.2ClH/c26-20(23-12-11-21-18-7-3-1-2-4-8-18)17-24-13-15-25(16-14-24)19-9-5-6-10-22-19;;/h5-6,9-10,18,21H,1-4,7-8,11-17H2,(H,23,26);2*1H. The quantitative estimate of drug-likeness (QED) is 0.512. The van der Waals surface area contributed by atoms with Gasteiger partial charge < -0.3 is 15.5 Å². The van der Waals surface area contributed by atoms with E-state index in [2.05, 4.69) is 25.4 Å². The molecule has 2 aliphatic rings. The summed E-state index contributed by atoms with van der Waals surface area (Å²) in [5.74, 6) is 1.17. The average Bonchev–Trinajstić information content (AvgIpc) is 2.95. The first kappa shape index (κ1) is 25.0. The molecule has 28 heavy (non-hydrogen) atoms. The average molecular weight is 432 g/mol. The summed E-state index contributed by atoms with van der Waals surface area (Å²) in [6.07, 6.45) is 9.84. The van der Waals surface area contributed by atoms with Crippen LogP contribution in [0.4, 0.5) is 5.82 Å². The molecule has 3 rings (SSSR count). The number of piperazine rings is 1. The second-order valence-corrected chi connectivity index (χ2v) is 7.44. The van der Waals surface area contributed by atoms with Crippen LogP contribution in [0.25, 0.3) is 0 Å². The number of rotatable bonds is 7. The molecule has 1 aliphatic heterocycles. The van der Waals surface area contributed by atoms with Crippen molar-refractivity contribution < 1.29 is 4.79 Å². The summed E-state index contributed by atoms with van der Waals surface area (Å²) in [5, 5.41) is 6.66. The van der Waals surface area contributed by atoms with Crippen molar-refractivity contribution in [3.8, 4) is 0 Å². The van der Waals surface area contributed by atoms with Gasteiger partial charge in [-0.05, 0) is 25.0 Å². The molecule has 1 saturated heterocycles. The Balaban J connectivity index is 0.00000196. The minimum absolute atomic E-state index is 0. The molecule has 6 nitrogen and oxygen atoms in total. The molecule has 0 unspecified atom stereocenters. The second-order valence-electron chi connectivity index (χ2n) is 7.44. The lowest BCUT2D eigenvalue weighted by Crippen LogP contribution is -2.50. The van der Waals surface area contributed by atoms with Gasteiger partial charge in [0.2, 0.25) is 5.91 Å². The van der Waals surface area contributed by atoms with Crippen LogP contribution in [0.15, 0.2) is 24.4 Å². The molecule has 2 heterocycles. The van der Waals surface area contributed by atoms with Gasteiger partial charge in [0, 0.05) is 51.5 Å². The number of hydrogen-bond acceptors (Lipinski definition) is 5. The van der Waals surface area contributed by atoms with Crippen molar-refractivity contribution in [1.29, 1.82) is 0 Å². The van der Waals surface area contributed by atoms with E-state index in [1.54, 1.807) is 0 Å². The van der Waals surface area contributed by atoms with E-state index in [9.17, 15) is 4.79 Å². The molecule has 1 aliphatic carbocycles. The lowest BCUT2D eigenvalue weighted by molar-refractivity contribution is -0.122. The van der Waals surface area contributed by atoms with Crippen molar-refractivity contribution >= 4 is 36.5 Å². The monoisotopic (exact) mass is 431 g/mol. The maximum absolute atomic E-state index is 12.2. The molecule has 2 N–H and O–H groups in total. The molecule has 1 aromatic rings. The highest BCUT2D eigenvalue weighted by atomic mass is 35.5. The number of carbonyl (C=O) groups excluding carboxylic acids is 1. The van der Waals surface area contributed by atoms with Crippen LogP contribution in [0.2, 0.25) is 0 Å². The van der Waals surface area contributed by atoms with Gasteiger partial charge >= 0.3 is 0 Å². The molecule has 0 atom stereocenters. The van der Waals surface area contributed by atoms with Crippen LogP contribution < -0.4 is 15.5 Å². The predicted octanol–water partition coefficient (Wildman–Crippen LogP) is 2.48. The molecular weight excluding hydrogens is 397 g/mol. The van der Waals surface area contributed by atoms with E-state index in [-0.39, 0.29) is 30.7 Å². The summed E-state index contributed by atoms with van der Waals surface area (Å²) >= 11 is 0. The highest BCUT2D eigenvalue weighted by Gasteiger charge is 2.19. The predicted molar refractivity (Wildman–Crippen MR) is 120 cm³/mol. The zero-order valence-electron chi connectivity index (χ0n) is 16.6. The SMILES string of the molecule is Cl.Cl.O=C(CN1CCN(c2ccccn2)CC1)NCCNC1CCCCCC1. The molecule has 8 heteroatoms. The molecule has 1 saturated carbocycles. The van der Waals surface area contributed by atoms with Gasteiger partial charge in [0.15, 0.2) is 0 Å². The van der Waals surface area contributed by atoms with E-state index in [4.69, 9.17) is 0 Å². The summed E-state index contributed by atoms with van der Waals surface area (Å²) in [4.78, 5) is 21.1. The molecule has 1 amide bonds. The van der Waals surface area contributed by atoms with Crippen molar-refractivity contribution in [3.63, 3.8) is 0 Å². The first-order chi connectivity index (χ1) is 12.8. The Morgan fingerprint density at radius 1 is 1.00 bits per heavy atom. The third kappa shape index (κ3) is 8.52. The topological polar surface area (TPSA) is 60.5 Å². The zero-order chi connectivity index (χ0) is 18.0. The third-order valence-corrected chi connectivity index (χ3v) is 5.45. The summed E-state index contributed by atoms with van der Waals surface area (Å²) < 4.78 is 0. The van der Waals surface area contributed by atoms with Crippen LogP contribution in [-0.2, 0) is 4.79 Å². The molecule has 1 aromatic heterocycles. The first-order valence-electron chi connectivity index (χ1n) is 10.2. The molecule has 0 bridgehead atoms. The van der Waals surface area contributed by atoms with E-state index in [1.165, 1.54) is 38.5 Å². The molecule has 0 radical (unpaired) electrons. The van der Waals surface area contributed by atoms with Crippen LogP contribution in [0.3, 0.4) is 0 Å². The van der Waals surface area contributed by atoms with Gasteiger partial charge in [-0.15, -0.1) is 24.8 Å². The molecule has 0 spiro atoms. The van der Waals surface area contributed by atoms with E-state index in [0.717, 1.165) is 45.1 Å². The fourth-order valence-corrected chi connectivity index (χ4v) is 3.90. The van der Waals surface area contributed by atoms with E-state index in [0.29, 0.717) is 12.6 Å². The zero-order valence-corrected chi connectivity index (χ0v) is 18.3.